The van der Waals surface area contributed by atoms with Gasteiger partial charge in [-0.15, -0.1) is 11.3 Å². The molecule has 3 N–H and O–H groups in total. The second-order valence-electron chi connectivity index (χ2n) is 5.11. The molecule has 2 rings (SSSR count). The van der Waals surface area contributed by atoms with Crippen molar-refractivity contribution in [1.82, 2.24) is 20.2 Å². The third kappa shape index (κ3) is 4.13. The van der Waals surface area contributed by atoms with Crippen molar-refractivity contribution >= 4 is 21.4 Å². The van der Waals surface area contributed by atoms with Crippen LogP contribution in [0, 0.1) is 6.92 Å². The Kier molecular flexibility index (Phi) is 5.15. The highest BCUT2D eigenvalue weighted by atomic mass is 32.2. The number of hydrogen-bond acceptors (Lipinski definition) is 5. The van der Waals surface area contributed by atoms with Crippen LogP contribution in [0.5, 0.6) is 0 Å². The molecule has 0 spiro atoms. The summed E-state index contributed by atoms with van der Waals surface area (Å²) in [5.74, 6) is 0. The van der Waals surface area contributed by atoms with Gasteiger partial charge in [-0.2, -0.15) is 5.10 Å². The minimum atomic E-state index is -3.59. The van der Waals surface area contributed by atoms with E-state index in [0.29, 0.717) is 18.7 Å². The Hall–Kier alpha value is -1.22. The van der Waals surface area contributed by atoms with Crippen molar-refractivity contribution < 1.29 is 8.42 Å². The summed E-state index contributed by atoms with van der Waals surface area (Å²) in [6.07, 6.45) is 1.54. The molecular weight excluding hydrogens is 308 g/mol. The third-order valence-electron chi connectivity index (χ3n) is 3.04. The van der Waals surface area contributed by atoms with Crippen LogP contribution in [0.15, 0.2) is 22.7 Å². The van der Waals surface area contributed by atoms with Crippen LogP contribution in [0.4, 0.5) is 0 Å². The SMILES string of the molecule is Cc1ccsc1CNS(=O)(=O)c1[nH]ncc1CNC(C)C. The summed E-state index contributed by atoms with van der Waals surface area (Å²) in [4.78, 5) is 1.01. The standard InChI is InChI=1S/C13H20N4O2S2/c1-9(2)14-6-11-7-15-17-13(11)21(18,19)16-8-12-10(3)4-5-20-12/h4-5,7,9,14,16H,6,8H2,1-3H3,(H,15,17). The van der Waals surface area contributed by atoms with Gasteiger partial charge in [-0.1, -0.05) is 13.8 Å². The number of aromatic amines is 1. The monoisotopic (exact) mass is 328 g/mol. The lowest BCUT2D eigenvalue weighted by Gasteiger charge is -2.09. The molecule has 8 heteroatoms. The lowest BCUT2D eigenvalue weighted by molar-refractivity contribution is 0.564. The van der Waals surface area contributed by atoms with Crippen molar-refractivity contribution in [2.75, 3.05) is 0 Å². The maximum absolute atomic E-state index is 12.4. The summed E-state index contributed by atoms with van der Waals surface area (Å²) in [6.45, 7) is 6.73. The molecule has 0 saturated carbocycles. The number of sulfonamides is 1. The van der Waals surface area contributed by atoms with E-state index >= 15 is 0 Å². The van der Waals surface area contributed by atoms with E-state index in [-0.39, 0.29) is 11.1 Å². The van der Waals surface area contributed by atoms with Gasteiger partial charge in [0.25, 0.3) is 10.0 Å². The predicted molar refractivity (Wildman–Crippen MR) is 83.6 cm³/mol. The van der Waals surface area contributed by atoms with Crippen molar-refractivity contribution in [3.8, 4) is 0 Å². The summed E-state index contributed by atoms with van der Waals surface area (Å²) in [5, 5.41) is 11.7. The maximum atomic E-state index is 12.4. The minimum Gasteiger partial charge on any atom is -0.310 e. The number of rotatable bonds is 7. The van der Waals surface area contributed by atoms with Crippen LogP contribution in [0.2, 0.25) is 0 Å². The molecular formula is C13H20N4O2S2. The second-order valence-corrected chi connectivity index (χ2v) is 7.82. The Morgan fingerprint density at radius 2 is 2.14 bits per heavy atom. The van der Waals surface area contributed by atoms with E-state index < -0.39 is 10.0 Å². The maximum Gasteiger partial charge on any atom is 0.258 e. The number of aryl methyl sites for hydroxylation is 1. The van der Waals surface area contributed by atoms with Gasteiger partial charge in [0.15, 0.2) is 5.03 Å². The van der Waals surface area contributed by atoms with E-state index in [0.717, 1.165) is 10.4 Å². The largest absolute Gasteiger partial charge is 0.310 e. The van der Waals surface area contributed by atoms with Crippen molar-refractivity contribution in [3.63, 3.8) is 0 Å². The van der Waals surface area contributed by atoms with Crippen molar-refractivity contribution in [3.05, 3.63) is 33.6 Å². The van der Waals surface area contributed by atoms with Crippen molar-refractivity contribution in [2.45, 2.75) is 44.9 Å². The van der Waals surface area contributed by atoms with Gasteiger partial charge in [-0.25, -0.2) is 13.1 Å². The molecule has 0 bridgehead atoms. The van der Waals surface area contributed by atoms with Gasteiger partial charge in [-0.05, 0) is 23.9 Å². The number of nitrogens with zero attached hydrogens (tertiary/aromatic N) is 1. The van der Waals surface area contributed by atoms with Crippen LogP contribution in [0.1, 0.15) is 29.9 Å². The van der Waals surface area contributed by atoms with Crippen LogP contribution < -0.4 is 10.0 Å². The Morgan fingerprint density at radius 1 is 1.38 bits per heavy atom. The zero-order valence-corrected chi connectivity index (χ0v) is 13.9. The molecule has 6 nitrogen and oxygen atoms in total. The highest BCUT2D eigenvalue weighted by molar-refractivity contribution is 7.89. The first-order valence-corrected chi connectivity index (χ1v) is 9.04. The summed E-state index contributed by atoms with van der Waals surface area (Å²) in [6, 6.07) is 2.25. The van der Waals surface area contributed by atoms with Gasteiger partial charge >= 0.3 is 0 Å². The quantitative estimate of drug-likeness (QED) is 0.723. The van der Waals surface area contributed by atoms with Crippen LogP contribution in [0.25, 0.3) is 0 Å². The minimum absolute atomic E-state index is 0.129. The van der Waals surface area contributed by atoms with E-state index in [1.54, 1.807) is 17.5 Å². The molecule has 0 atom stereocenters. The zero-order valence-electron chi connectivity index (χ0n) is 12.3. The highest BCUT2D eigenvalue weighted by Gasteiger charge is 2.21. The van der Waals surface area contributed by atoms with Gasteiger partial charge in [0, 0.05) is 29.6 Å². The molecule has 0 aliphatic heterocycles. The fraction of sp³-hybridized carbons (Fsp3) is 0.462. The average Bonchev–Trinajstić information content (AvgIpc) is 3.03. The van der Waals surface area contributed by atoms with Crippen molar-refractivity contribution in [1.29, 1.82) is 0 Å². The predicted octanol–water partition coefficient (Wildman–Crippen LogP) is 1.76. The topological polar surface area (TPSA) is 86.9 Å². The molecule has 0 fully saturated rings. The molecule has 0 aromatic carbocycles. The fourth-order valence-corrected chi connectivity index (χ4v) is 3.85. The summed E-state index contributed by atoms with van der Waals surface area (Å²) in [7, 11) is -3.59. The number of aromatic nitrogens is 2. The molecule has 2 aromatic rings. The average molecular weight is 328 g/mol. The van der Waals surface area contributed by atoms with Crippen LogP contribution in [-0.4, -0.2) is 24.7 Å². The molecule has 0 aliphatic rings. The summed E-state index contributed by atoms with van der Waals surface area (Å²) >= 11 is 1.54. The molecule has 21 heavy (non-hydrogen) atoms. The molecule has 2 heterocycles. The first-order chi connectivity index (χ1) is 9.90. The van der Waals surface area contributed by atoms with Crippen LogP contribution >= 0.6 is 11.3 Å². The van der Waals surface area contributed by atoms with E-state index in [2.05, 4.69) is 20.2 Å². The van der Waals surface area contributed by atoms with Crippen LogP contribution in [0.3, 0.4) is 0 Å². The number of hydrogen-bond donors (Lipinski definition) is 3. The molecule has 0 aliphatic carbocycles. The molecule has 0 amide bonds. The Morgan fingerprint density at radius 3 is 2.76 bits per heavy atom. The molecule has 0 saturated heterocycles. The number of thiophene rings is 1. The lowest BCUT2D eigenvalue weighted by atomic mass is 10.3. The smallest absolute Gasteiger partial charge is 0.258 e. The van der Waals surface area contributed by atoms with E-state index in [1.807, 2.05) is 32.2 Å². The van der Waals surface area contributed by atoms with Gasteiger partial charge in [0.2, 0.25) is 0 Å². The zero-order chi connectivity index (χ0) is 15.5. The normalized spacial score (nSPS) is 12.2. The van der Waals surface area contributed by atoms with E-state index in [1.165, 1.54) is 0 Å². The van der Waals surface area contributed by atoms with Gasteiger partial charge in [-0.3, -0.25) is 5.10 Å². The van der Waals surface area contributed by atoms with E-state index in [9.17, 15) is 8.42 Å². The second kappa shape index (κ2) is 6.69. The Balaban J connectivity index is 2.09. The van der Waals surface area contributed by atoms with Gasteiger partial charge < -0.3 is 5.32 Å². The number of H-pyrrole nitrogens is 1. The summed E-state index contributed by atoms with van der Waals surface area (Å²) in [5.41, 5.74) is 1.73. The van der Waals surface area contributed by atoms with E-state index in [4.69, 9.17) is 0 Å². The summed E-state index contributed by atoms with van der Waals surface area (Å²) < 4.78 is 27.3. The fourth-order valence-electron chi connectivity index (χ4n) is 1.79. The molecule has 0 radical (unpaired) electrons. The van der Waals surface area contributed by atoms with Gasteiger partial charge in [0.1, 0.15) is 0 Å². The molecule has 0 unspecified atom stereocenters. The van der Waals surface area contributed by atoms with Crippen molar-refractivity contribution in [2.24, 2.45) is 0 Å². The Bertz CT molecular complexity index is 689. The molecule has 2 aromatic heterocycles. The first-order valence-electron chi connectivity index (χ1n) is 6.68. The van der Waals surface area contributed by atoms with Gasteiger partial charge in [0.05, 0.1) is 6.20 Å². The first kappa shape index (κ1) is 16.2. The molecule has 116 valence electrons. The van der Waals surface area contributed by atoms with Crippen LogP contribution in [-0.2, 0) is 23.1 Å². The number of nitrogens with one attached hydrogen (secondary N) is 3. The third-order valence-corrected chi connectivity index (χ3v) is 5.48. The lowest BCUT2D eigenvalue weighted by Crippen LogP contribution is -2.27. The Labute approximate surface area is 129 Å². The highest BCUT2D eigenvalue weighted by Crippen LogP contribution is 2.17.